The lowest BCUT2D eigenvalue weighted by Crippen LogP contribution is -2.43. The Morgan fingerprint density at radius 2 is 2.18 bits per heavy atom. The molecular weight excluding hydrogens is 284 g/mol. The standard InChI is InChI=1S/C15H14N4O3/c20-14-10-22-13-4-2-1-3-12(13)19(14)8-7-18-15(21)11-9-16-5-6-17-11/h1-6,9H,7-8,10H2,(H,18,21). The van der Waals surface area contributed by atoms with Crippen molar-refractivity contribution in [1.29, 1.82) is 0 Å². The van der Waals surface area contributed by atoms with Crippen LogP contribution in [0.4, 0.5) is 5.69 Å². The van der Waals surface area contributed by atoms with Gasteiger partial charge in [0, 0.05) is 25.5 Å². The maximum Gasteiger partial charge on any atom is 0.271 e. The summed E-state index contributed by atoms with van der Waals surface area (Å²) < 4.78 is 5.37. The van der Waals surface area contributed by atoms with E-state index in [9.17, 15) is 9.59 Å². The summed E-state index contributed by atoms with van der Waals surface area (Å²) in [6, 6.07) is 7.32. The molecule has 22 heavy (non-hydrogen) atoms. The summed E-state index contributed by atoms with van der Waals surface area (Å²) in [5, 5.41) is 2.72. The average molecular weight is 298 g/mol. The maximum absolute atomic E-state index is 12.0. The van der Waals surface area contributed by atoms with E-state index in [-0.39, 0.29) is 24.1 Å². The van der Waals surface area contributed by atoms with Crippen LogP contribution in [0.25, 0.3) is 0 Å². The Kier molecular flexibility index (Phi) is 3.95. The molecule has 7 nitrogen and oxygen atoms in total. The summed E-state index contributed by atoms with van der Waals surface area (Å²) in [5.74, 6) is 0.219. The predicted octanol–water partition coefficient (Wildman–Crippen LogP) is 0.632. The van der Waals surface area contributed by atoms with Gasteiger partial charge in [0.05, 0.1) is 11.9 Å². The lowest BCUT2D eigenvalue weighted by Gasteiger charge is -2.29. The van der Waals surface area contributed by atoms with Crippen LogP contribution in [-0.2, 0) is 4.79 Å². The van der Waals surface area contributed by atoms with Crippen molar-refractivity contribution in [3.05, 3.63) is 48.5 Å². The molecule has 1 aromatic heterocycles. The van der Waals surface area contributed by atoms with E-state index in [1.54, 1.807) is 4.90 Å². The monoisotopic (exact) mass is 298 g/mol. The molecule has 0 aliphatic carbocycles. The Hall–Kier alpha value is -2.96. The number of aromatic nitrogens is 2. The van der Waals surface area contributed by atoms with E-state index in [0.29, 0.717) is 24.5 Å². The first kappa shape index (κ1) is 14.0. The molecule has 112 valence electrons. The van der Waals surface area contributed by atoms with Crippen LogP contribution in [0.2, 0.25) is 0 Å². The summed E-state index contributed by atoms with van der Waals surface area (Å²) in [5.41, 5.74) is 0.962. The lowest BCUT2D eigenvalue weighted by atomic mass is 10.2. The second-order valence-electron chi connectivity index (χ2n) is 4.65. The number of para-hydroxylation sites is 2. The van der Waals surface area contributed by atoms with Gasteiger partial charge in [-0.25, -0.2) is 4.98 Å². The molecule has 0 saturated carbocycles. The molecule has 0 radical (unpaired) electrons. The Morgan fingerprint density at radius 3 is 3.00 bits per heavy atom. The van der Waals surface area contributed by atoms with Crippen molar-refractivity contribution in [2.24, 2.45) is 0 Å². The lowest BCUT2D eigenvalue weighted by molar-refractivity contribution is -0.121. The fraction of sp³-hybridized carbons (Fsp3) is 0.200. The van der Waals surface area contributed by atoms with Gasteiger partial charge in [-0.1, -0.05) is 12.1 Å². The zero-order chi connectivity index (χ0) is 15.4. The van der Waals surface area contributed by atoms with Gasteiger partial charge in [-0.3, -0.25) is 14.6 Å². The molecule has 0 atom stereocenters. The van der Waals surface area contributed by atoms with Gasteiger partial charge in [-0.15, -0.1) is 0 Å². The average Bonchev–Trinajstić information content (AvgIpc) is 2.57. The molecule has 2 heterocycles. The highest BCUT2D eigenvalue weighted by Crippen LogP contribution is 2.30. The van der Waals surface area contributed by atoms with Crippen molar-refractivity contribution in [3.8, 4) is 5.75 Å². The number of amides is 2. The summed E-state index contributed by atoms with van der Waals surface area (Å²) in [7, 11) is 0. The minimum atomic E-state index is -0.318. The number of ether oxygens (including phenoxy) is 1. The Morgan fingerprint density at radius 1 is 1.32 bits per heavy atom. The number of anilines is 1. The van der Waals surface area contributed by atoms with Crippen LogP contribution in [0.1, 0.15) is 10.5 Å². The van der Waals surface area contributed by atoms with Crippen LogP contribution in [0, 0.1) is 0 Å². The third-order valence-corrected chi connectivity index (χ3v) is 3.23. The van der Waals surface area contributed by atoms with Gasteiger partial charge < -0.3 is 15.0 Å². The molecule has 0 saturated heterocycles. The molecule has 1 N–H and O–H groups in total. The SMILES string of the molecule is O=C(NCCN1C(=O)COc2ccccc21)c1cnccn1. The first-order chi connectivity index (χ1) is 10.8. The van der Waals surface area contributed by atoms with Crippen LogP contribution in [0.15, 0.2) is 42.9 Å². The van der Waals surface area contributed by atoms with E-state index < -0.39 is 0 Å². The smallest absolute Gasteiger partial charge is 0.271 e. The number of fused-ring (bicyclic) bond motifs is 1. The molecule has 1 aliphatic heterocycles. The summed E-state index contributed by atoms with van der Waals surface area (Å²) >= 11 is 0. The van der Waals surface area contributed by atoms with Crippen LogP contribution in [0.3, 0.4) is 0 Å². The van der Waals surface area contributed by atoms with E-state index in [1.165, 1.54) is 18.6 Å². The van der Waals surface area contributed by atoms with Crippen molar-refractivity contribution in [1.82, 2.24) is 15.3 Å². The first-order valence-corrected chi connectivity index (χ1v) is 6.82. The van der Waals surface area contributed by atoms with Crippen LogP contribution in [0.5, 0.6) is 5.75 Å². The van der Waals surface area contributed by atoms with E-state index in [4.69, 9.17) is 4.74 Å². The number of carbonyl (C=O) groups is 2. The minimum absolute atomic E-state index is 0.00905. The van der Waals surface area contributed by atoms with E-state index in [0.717, 1.165) is 0 Å². The normalized spacial score (nSPS) is 13.3. The van der Waals surface area contributed by atoms with Crippen LogP contribution in [-0.4, -0.2) is 41.5 Å². The highest BCUT2D eigenvalue weighted by Gasteiger charge is 2.24. The summed E-state index contributed by atoms with van der Waals surface area (Å²) in [4.78, 5) is 33.2. The van der Waals surface area contributed by atoms with E-state index >= 15 is 0 Å². The fourth-order valence-electron chi connectivity index (χ4n) is 2.19. The Labute approximate surface area is 126 Å². The zero-order valence-electron chi connectivity index (χ0n) is 11.7. The van der Waals surface area contributed by atoms with Crippen LogP contribution >= 0.6 is 0 Å². The minimum Gasteiger partial charge on any atom is -0.482 e. The van der Waals surface area contributed by atoms with Crippen molar-refractivity contribution < 1.29 is 14.3 Å². The summed E-state index contributed by atoms with van der Waals surface area (Å²) in [6.45, 7) is 0.690. The third kappa shape index (κ3) is 2.88. The van der Waals surface area contributed by atoms with Gasteiger partial charge in [-0.2, -0.15) is 0 Å². The van der Waals surface area contributed by atoms with Crippen LogP contribution < -0.4 is 15.0 Å². The molecule has 2 aromatic rings. The number of hydrogen-bond acceptors (Lipinski definition) is 5. The summed E-state index contributed by atoms with van der Waals surface area (Å²) in [6.07, 6.45) is 4.35. The second kappa shape index (κ2) is 6.21. The second-order valence-corrected chi connectivity index (χ2v) is 4.65. The first-order valence-electron chi connectivity index (χ1n) is 6.82. The quantitative estimate of drug-likeness (QED) is 0.895. The molecular formula is C15H14N4O3. The number of hydrogen-bond donors (Lipinski definition) is 1. The molecule has 0 spiro atoms. The number of carbonyl (C=O) groups excluding carboxylic acids is 2. The van der Waals surface area contributed by atoms with E-state index in [2.05, 4.69) is 15.3 Å². The molecule has 0 fully saturated rings. The highest BCUT2D eigenvalue weighted by atomic mass is 16.5. The zero-order valence-corrected chi connectivity index (χ0v) is 11.7. The Balaban J connectivity index is 1.62. The van der Waals surface area contributed by atoms with Crippen molar-refractivity contribution >= 4 is 17.5 Å². The van der Waals surface area contributed by atoms with Crippen molar-refractivity contribution in [2.75, 3.05) is 24.6 Å². The van der Waals surface area contributed by atoms with Gasteiger partial charge in [0.2, 0.25) is 0 Å². The Bertz CT molecular complexity index is 690. The fourth-order valence-corrected chi connectivity index (χ4v) is 2.19. The molecule has 7 heteroatoms. The van der Waals surface area contributed by atoms with Gasteiger partial charge in [0.15, 0.2) is 6.61 Å². The molecule has 1 aliphatic rings. The highest BCUT2D eigenvalue weighted by molar-refractivity contribution is 5.98. The number of nitrogens with one attached hydrogen (secondary N) is 1. The number of rotatable bonds is 4. The van der Waals surface area contributed by atoms with Gasteiger partial charge in [-0.05, 0) is 12.1 Å². The molecule has 3 rings (SSSR count). The van der Waals surface area contributed by atoms with Crippen molar-refractivity contribution in [3.63, 3.8) is 0 Å². The predicted molar refractivity (Wildman–Crippen MR) is 78.7 cm³/mol. The van der Waals surface area contributed by atoms with Gasteiger partial charge >= 0.3 is 0 Å². The van der Waals surface area contributed by atoms with Crippen molar-refractivity contribution in [2.45, 2.75) is 0 Å². The molecule has 0 bridgehead atoms. The maximum atomic E-state index is 12.0. The topological polar surface area (TPSA) is 84.4 Å². The number of nitrogens with zero attached hydrogens (tertiary/aromatic N) is 3. The number of benzene rings is 1. The largest absolute Gasteiger partial charge is 0.482 e. The van der Waals surface area contributed by atoms with Gasteiger partial charge in [0.25, 0.3) is 11.8 Å². The molecule has 0 unspecified atom stereocenters. The molecule has 2 amide bonds. The van der Waals surface area contributed by atoms with Gasteiger partial charge in [0.1, 0.15) is 11.4 Å². The third-order valence-electron chi connectivity index (χ3n) is 3.23. The van der Waals surface area contributed by atoms with E-state index in [1.807, 2.05) is 24.3 Å². The molecule has 1 aromatic carbocycles.